The summed E-state index contributed by atoms with van der Waals surface area (Å²) in [6, 6.07) is 0. The van der Waals surface area contributed by atoms with Gasteiger partial charge in [-0.15, -0.1) is 0 Å². The summed E-state index contributed by atoms with van der Waals surface area (Å²) in [4.78, 5) is 25.8. The molecule has 0 aromatic heterocycles. The van der Waals surface area contributed by atoms with Crippen molar-refractivity contribution in [1.29, 1.82) is 0 Å². The molecule has 0 atom stereocenters. The van der Waals surface area contributed by atoms with Gasteiger partial charge in [0.05, 0.1) is 0 Å². The molecule has 1 rings (SSSR count). The zero-order valence-electron chi connectivity index (χ0n) is 7.00. The van der Waals surface area contributed by atoms with Crippen molar-refractivity contribution in [1.82, 2.24) is 0 Å². The van der Waals surface area contributed by atoms with Crippen LogP contribution < -0.4 is 0 Å². The minimum Gasteiger partial charge on any atom is -0.318 e. The highest BCUT2D eigenvalue weighted by Gasteiger charge is 2.17. The monoisotopic (exact) mass is 169 g/mol. The first kappa shape index (κ1) is 8.90. The summed E-state index contributed by atoms with van der Waals surface area (Å²) in [6.45, 7) is 1.26. The Morgan fingerprint density at radius 3 is 2.67 bits per heavy atom. The van der Waals surface area contributed by atoms with Crippen LogP contribution in [0.1, 0.15) is 32.6 Å². The molecular formula is C8H11NO3. The molecule has 0 aliphatic heterocycles. The van der Waals surface area contributed by atoms with Crippen molar-refractivity contribution < 1.29 is 14.4 Å². The molecule has 1 aliphatic rings. The molecule has 12 heavy (non-hydrogen) atoms. The molecule has 1 saturated carbocycles. The Bertz CT molecular complexity index is 232. The van der Waals surface area contributed by atoms with Gasteiger partial charge in [0.1, 0.15) is 5.71 Å². The molecule has 0 aromatic carbocycles. The second-order valence-electron chi connectivity index (χ2n) is 2.75. The molecule has 1 fully saturated rings. The minimum atomic E-state index is -0.485. The van der Waals surface area contributed by atoms with Crippen molar-refractivity contribution in [2.45, 2.75) is 32.6 Å². The highest BCUT2D eigenvalue weighted by molar-refractivity contribution is 6.40. The van der Waals surface area contributed by atoms with E-state index in [1.807, 2.05) is 0 Å². The Morgan fingerprint density at radius 1 is 1.42 bits per heavy atom. The van der Waals surface area contributed by atoms with Gasteiger partial charge in [0.2, 0.25) is 0 Å². The largest absolute Gasteiger partial charge is 0.331 e. The van der Waals surface area contributed by atoms with Crippen LogP contribution in [0.2, 0.25) is 0 Å². The lowest BCUT2D eigenvalue weighted by Gasteiger charge is -2.09. The van der Waals surface area contributed by atoms with E-state index in [1.54, 1.807) is 0 Å². The molecule has 0 unspecified atom stereocenters. The second kappa shape index (κ2) is 3.99. The third-order valence-corrected chi connectivity index (χ3v) is 1.67. The lowest BCUT2D eigenvalue weighted by atomic mass is 9.97. The number of Topliss-reactive ketones (excluding diaryl/α,β-unsaturated/α-hetero) is 1. The zero-order valence-corrected chi connectivity index (χ0v) is 7.00. The van der Waals surface area contributed by atoms with Gasteiger partial charge in [0.25, 0.3) is 0 Å². The summed E-state index contributed by atoms with van der Waals surface area (Å²) in [5.41, 5.74) is 0.399. The standard InChI is InChI=1S/C8H11NO3/c1-6(10)12-9-7-4-2-3-5-8(7)11/h2-5H2,1H3. The third kappa shape index (κ3) is 2.45. The Balaban J connectivity index is 2.53. The van der Waals surface area contributed by atoms with Crippen LogP contribution in [0.5, 0.6) is 0 Å². The summed E-state index contributed by atoms with van der Waals surface area (Å²) in [5.74, 6) is -0.483. The van der Waals surface area contributed by atoms with E-state index in [2.05, 4.69) is 9.99 Å². The second-order valence-corrected chi connectivity index (χ2v) is 2.75. The molecule has 0 aromatic rings. The Morgan fingerprint density at radius 2 is 2.08 bits per heavy atom. The highest BCUT2D eigenvalue weighted by atomic mass is 16.7. The number of rotatable bonds is 1. The van der Waals surface area contributed by atoms with E-state index in [0.29, 0.717) is 18.6 Å². The Kier molecular flexibility index (Phi) is 2.96. The van der Waals surface area contributed by atoms with E-state index in [9.17, 15) is 9.59 Å². The Hall–Kier alpha value is -1.19. The fourth-order valence-electron chi connectivity index (χ4n) is 1.08. The van der Waals surface area contributed by atoms with Crippen LogP contribution in [0.3, 0.4) is 0 Å². The van der Waals surface area contributed by atoms with Crippen molar-refractivity contribution in [2.24, 2.45) is 5.16 Å². The summed E-state index contributed by atoms with van der Waals surface area (Å²) in [7, 11) is 0. The van der Waals surface area contributed by atoms with Crippen LogP contribution in [0.25, 0.3) is 0 Å². The maximum Gasteiger partial charge on any atom is 0.331 e. The molecule has 0 bridgehead atoms. The number of carbonyl (C=O) groups is 2. The minimum absolute atomic E-state index is 0.00231. The topological polar surface area (TPSA) is 55.7 Å². The van der Waals surface area contributed by atoms with Crippen molar-refractivity contribution >= 4 is 17.5 Å². The van der Waals surface area contributed by atoms with Gasteiger partial charge < -0.3 is 4.84 Å². The van der Waals surface area contributed by atoms with E-state index in [4.69, 9.17) is 0 Å². The first-order valence-corrected chi connectivity index (χ1v) is 3.98. The molecule has 0 N–H and O–H groups in total. The van der Waals surface area contributed by atoms with Crippen molar-refractivity contribution in [3.8, 4) is 0 Å². The summed E-state index contributed by atoms with van der Waals surface area (Å²) < 4.78 is 0. The van der Waals surface area contributed by atoms with E-state index >= 15 is 0 Å². The lowest BCUT2D eigenvalue weighted by Crippen LogP contribution is -2.19. The van der Waals surface area contributed by atoms with E-state index in [0.717, 1.165) is 12.8 Å². The van der Waals surface area contributed by atoms with Gasteiger partial charge in [-0.2, -0.15) is 0 Å². The molecule has 0 amide bonds. The van der Waals surface area contributed by atoms with Gasteiger partial charge in [-0.25, -0.2) is 4.79 Å². The number of nitrogens with zero attached hydrogens (tertiary/aromatic N) is 1. The van der Waals surface area contributed by atoms with Gasteiger partial charge >= 0.3 is 5.97 Å². The van der Waals surface area contributed by atoms with E-state index in [-0.39, 0.29) is 5.78 Å². The van der Waals surface area contributed by atoms with Crippen molar-refractivity contribution in [3.05, 3.63) is 0 Å². The average molecular weight is 169 g/mol. The smallest absolute Gasteiger partial charge is 0.318 e. The molecule has 4 heteroatoms. The normalized spacial score (nSPS) is 21.1. The van der Waals surface area contributed by atoms with Gasteiger partial charge in [0.15, 0.2) is 5.78 Å². The fraction of sp³-hybridized carbons (Fsp3) is 0.625. The van der Waals surface area contributed by atoms with Crippen molar-refractivity contribution in [3.63, 3.8) is 0 Å². The van der Waals surface area contributed by atoms with Gasteiger partial charge in [-0.1, -0.05) is 5.16 Å². The zero-order chi connectivity index (χ0) is 8.97. The van der Waals surface area contributed by atoms with Gasteiger partial charge in [0, 0.05) is 13.3 Å². The number of carbonyl (C=O) groups excluding carboxylic acids is 2. The van der Waals surface area contributed by atoms with Gasteiger partial charge in [-0.05, 0) is 19.3 Å². The van der Waals surface area contributed by atoms with Crippen LogP contribution in [0, 0.1) is 0 Å². The van der Waals surface area contributed by atoms with E-state index < -0.39 is 5.97 Å². The van der Waals surface area contributed by atoms with Crippen LogP contribution in [-0.4, -0.2) is 17.5 Å². The molecule has 66 valence electrons. The molecule has 4 nitrogen and oxygen atoms in total. The molecule has 0 spiro atoms. The predicted octanol–water partition coefficient (Wildman–Crippen LogP) is 1.05. The number of hydrogen-bond donors (Lipinski definition) is 0. The first-order valence-electron chi connectivity index (χ1n) is 3.98. The third-order valence-electron chi connectivity index (χ3n) is 1.67. The van der Waals surface area contributed by atoms with Crippen molar-refractivity contribution in [2.75, 3.05) is 0 Å². The lowest BCUT2D eigenvalue weighted by molar-refractivity contribution is -0.141. The van der Waals surface area contributed by atoms with E-state index in [1.165, 1.54) is 6.92 Å². The first-order chi connectivity index (χ1) is 5.70. The van der Waals surface area contributed by atoms with Crippen LogP contribution in [0.4, 0.5) is 0 Å². The fourth-order valence-corrected chi connectivity index (χ4v) is 1.08. The number of ketones is 1. The molecular weight excluding hydrogens is 158 g/mol. The van der Waals surface area contributed by atoms with Crippen LogP contribution in [-0.2, 0) is 14.4 Å². The summed E-state index contributed by atoms with van der Waals surface area (Å²) >= 11 is 0. The molecule has 0 saturated heterocycles. The van der Waals surface area contributed by atoms with Crippen LogP contribution >= 0.6 is 0 Å². The molecule has 0 heterocycles. The summed E-state index contributed by atoms with van der Waals surface area (Å²) in [6.07, 6.45) is 3.02. The summed E-state index contributed by atoms with van der Waals surface area (Å²) in [5, 5.41) is 3.48. The van der Waals surface area contributed by atoms with Gasteiger partial charge in [-0.3, -0.25) is 4.79 Å². The molecule has 1 aliphatic carbocycles. The predicted molar refractivity (Wildman–Crippen MR) is 42.7 cm³/mol. The average Bonchev–Trinajstić information content (AvgIpc) is 2.03. The maximum atomic E-state index is 11.1. The number of hydrogen-bond acceptors (Lipinski definition) is 4. The highest BCUT2D eigenvalue weighted by Crippen LogP contribution is 2.11. The van der Waals surface area contributed by atoms with Crippen LogP contribution in [0.15, 0.2) is 5.16 Å². The molecule has 0 radical (unpaired) electrons. The SMILES string of the molecule is CC(=O)ON=C1CCCCC1=O. The quantitative estimate of drug-likeness (QED) is 0.435. The number of oxime groups is 1. The Labute approximate surface area is 70.6 Å². The maximum absolute atomic E-state index is 11.1.